The number of nitrogens with one attached hydrogen (secondary N) is 1. The van der Waals surface area contributed by atoms with Crippen molar-refractivity contribution in [1.82, 2.24) is 0 Å². The Morgan fingerprint density at radius 3 is 2.47 bits per heavy atom. The molecule has 5 nitrogen and oxygen atoms in total. The van der Waals surface area contributed by atoms with Crippen LogP contribution in [0.4, 0.5) is 5.69 Å². The fraction of sp³-hybridized carbons (Fsp3) is 0.185. The maximum Gasteiger partial charge on any atom is 0.266 e. The molecule has 0 aromatic heterocycles. The highest BCUT2D eigenvalue weighted by atomic mass is 35.5. The molecule has 0 saturated heterocycles. The minimum atomic E-state index is -0.544. The van der Waals surface area contributed by atoms with Crippen LogP contribution in [0.3, 0.4) is 0 Å². The summed E-state index contributed by atoms with van der Waals surface area (Å²) >= 11 is 12.5. The molecule has 1 N–H and O–H groups in total. The molecule has 34 heavy (non-hydrogen) atoms. The molecule has 7 heteroatoms. The molecule has 0 saturated carbocycles. The number of aryl methyl sites for hydroxylation is 3. The first-order valence-electron chi connectivity index (χ1n) is 10.6. The molecule has 0 spiro atoms. The van der Waals surface area contributed by atoms with E-state index in [1.54, 1.807) is 24.3 Å². The predicted octanol–water partition coefficient (Wildman–Crippen LogP) is 6.92. The number of rotatable bonds is 8. The molecule has 0 bridgehead atoms. The van der Waals surface area contributed by atoms with E-state index < -0.39 is 5.91 Å². The highest BCUT2D eigenvalue weighted by Gasteiger charge is 2.15. The molecule has 0 radical (unpaired) electrons. The Balaban J connectivity index is 1.77. The number of anilines is 1. The van der Waals surface area contributed by atoms with Crippen LogP contribution in [0, 0.1) is 32.1 Å². The van der Waals surface area contributed by atoms with Crippen LogP contribution in [0.2, 0.25) is 10.0 Å². The van der Waals surface area contributed by atoms with E-state index in [-0.39, 0.29) is 23.8 Å². The first kappa shape index (κ1) is 25.2. The van der Waals surface area contributed by atoms with E-state index in [0.717, 1.165) is 22.4 Å². The van der Waals surface area contributed by atoms with E-state index in [0.29, 0.717) is 22.0 Å². The fourth-order valence-corrected chi connectivity index (χ4v) is 3.77. The molecule has 3 rings (SSSR count). The van der Waals surface area contributed by atoms with Gasteiger partial charge in [-0.2, -0.15) is 5.26 Å². The van der Waals surface area contributed by atoms with Crippen LogP contribution in [-0.4, -0.2) is 19.1 Å². The van der Waals surface area contributed by atoms with Crippen molar-refractivity contribution in [2.24, 2.45) is 0 Å². The second-order valence-electron chi connectivity index (χ2n) is 7.71. The highest BCUT2D eigenvalue weighted by molar-refractivity contribution is 6.36. The van der Waals surface area contributed by atoms with Crippen molar-refractivity contribution in [1.29, 1.82) is 5.26 Å². The van der Waals surface area contributed by atoms with Gasteiger partial charge in [0.2, 0.25) is 0 Å². The highest BCUT2D eigenvalue weighted by Crippen LogP contribution is 2.34. The van der Waals surface area contributed by atoms with Crippen LogP contribution in [0.1, 0.15) is 22.3 Å². The van der Waals surface area contributed by atoms with Gasteiger partial charge >= 0.3 is 0 Å². The fourth-order valence-electron chi connectivity index (χ4n) is 3.20. The van der Waals surface area contributed by atoms with Crippen LogP contribution in [0.5, 0.6) is 11.5 Å². The number of carbonyl (C=O) groups is 1. The van der Waals surface area contributed by atoms with Crippen LogP contribution < -0.4 is 14.8 Å². The van der Waals surface area contributed by atoms with E-state index in [1.807, 2.05) is 57.2 Å². The van der Waals surface area contributed by atoms with Gasteiger partial charge < -0.3 is 14.8 Å². The van der Waals surface area contributed by atoms with E-state index in [1.165, 1.54) is 6.08 Å². The van der Waals surface area contributed by atoms with Crippen LogP contribution in [0.15, 0.2) is 60.2 Å². The lowest BCUT2D eigenvalue weighted by Gasteiger charge is -2.14. The van der Waals surface area contributed by atoms with Gasteiger partial charge in [0, 0.05) is 16.3 Å². The van der Waals surface area contributed by atoms with Gasteiger partial charge in [-0.3, -0.25) is 4.79 Å². The Bertz CT molecular complexity index is 1280. The lowest BCUT2D eigenvalue weighted by atomic mass is 10.1. The molecular formula is C27H24Cl2N2O3. The summed E-state index contributed by atoms with van der Waals surface area (Å²) in [5.41, 5.74) is 3.93. The third-order valence-electron chi connectivity index (χ3n) is 5.03. The smallest absolute Gasteiger partial charge is 0.266 e. The van der Waals surface area contributed by atoms with Crippen molar-refractivity contribution in [2.45, 2.75) is 20.8 Å². The summed E-state index contributed by atoms with van der Waals surface area (Å²) in [6, 6.07) is 18.4. The summed E-state index contributed by atoms with van der Waals surface area (Å²) < 4.78 is 11.7. The minimum Gasteiger partial charge on any atom is -0.490 e. The standard InChI is InChI=1S/C27H24Cl2N2O3/c1-17-8-9-19(3)25(12-17)33-10-11-34-26-20(14-22(28)15-23(26)29)13-21(16-30)27(32)31-24-7-5-4-6-18(24)2/h4-9,12-15H,10-11H2,1-3H3,(H,31,32)/b21-13+. The number of hydrogen-bond acceptors (Lipinski definition) is 4. The SMILES string of the molecule is Cc1ccc(C)c(OCCOc2c(Cl)cc(Cl)cc2/C=C(\C#N)C(=O)Nc2ccccc2C)c1. The molecule has 3 aromatic rings. The third-order valence-corrected chi connectivity index (χ3v) is 5.53. The first-order chi connectivity index (χ1) is 16.3. The molecule has 0 aliphatic carbocycles. The normalized spacial score (nSPS) is 11.0. The Kier molecular flexibility index (Phi) is 8.59. The summed E-state index contributed by atoms with van der Waals surface area (Å²) in [6.07, 6.45) is 1.41. The van der Waals surface area contributed by atoms with Gasteiger partial charge in [0.25, 0.3) is 5.91 Å². The van der Waals surface area contributed by atoms with Crippen LogP contribution >= 0.6 is 23.2 Å². The summed E-state index contributed by atoms with van der Waals surface area (Å²) in [6.45, 7) is 6.32. The maximum atomic E-state index is 12.7. The molecule has 0 fully saturated rings. The lowest BCUT2D eigenvalue weighted by molar-refractivity contribution is -0.112. The number of para-hydroxylation sites is 1. The Labute approximate surface area is 209 Å². The van der Waals surface area contributed by atoms with Crippen molar-refractivity contribution >= 4 is 40.9 Å². The van der Waals surface area contributed by atoms with Gasteiger partial charge in [-0.25, -0.2) is 0 Å². The zero-order valence-corrected chi connectivity index (χ0v) is 20.6. The zero-order chi connectivity index (χ0) is 24.7. The van der Waals surface area contributed by atoms with Gasteiger partial charge in [0.05, 0.1) is 5.02 Å². The number of halogens is 2. The molecule has 0 atom stereocenters. The predicted molar refractivity (Wildman–Crippen MR) is 137 cm³/mol. The monoisotopic (exact) mass is 494 g/mol. The summed E-state index contributed by atoms with van der Waals surface area (Å²) in [5, 5.41) is 13.0. The molecule has 1 amide bonds. The van der Waals surface area contributed by atoms with Crippen molar-refractivity contribution in [2.75, 3.05) is 18.5 Å². The average molecular weight is 495 g/mol. The molecule has 0 aliphatic rings. The summed E-state index contributed by atoms with van der Waals surface area (Å²) in [5.74, 6) is 0.551. The number of amides is 1. The van der Waals surface area contributed by atoms with E-state index in [4.69, 9.17) is 32.7 Å². The van der Waals surface area contributed by atoms with Crippen LogP contribution in [0.25, 0.3) is 6.08 Å². The van der Waals surface area contributed by atoms with E-state index >= 15 is 0 Å². The van der Waals surface area contributed by atoms with Crippen molar-refractivity contribution in [3.63, 3.8) is 0 Å². The number of nitriles is 1. The Morgan fingerprint density at radius 1 is 1.00 bits per heavy atom. The van der Waals surface area contributed by atoms with Crippen molar-refractivity contribution in [3.8, 4) is 17.6 Å². The summed E-state index contributed by atoms with van der Waals surface area (Å²) in [4.78, 5) is 12.7. The van der Waals surface area contributed by atoms with Crippen molar-refractivity contribution in [3.05, 3.63) is 92.5 Å². The Hall–Kier alpha value is -3.46. The quantitative estimate of drug-likeness (QED) is 0.209. The largest absolute Gasteiger partial charge is 0.490 e. The lowest BCUT2D eigenvalue weighted by Crippen LogP contribution is -2.14. The molecule has 174 valence electrons. The molecule has 0 aliphatic heterocycles. The number of hydrogen-bond donors (Lipinski definition) is 1. The zero-order valence-electron chi connectivity index (χ0n) is 19.1. The van der Waals surface area contributed by atoms with Gasteiger partial charge in [0.1, 0.15) is 36.4 Å². The number of nitrogens with zero attached hydrogens (tertiary/aromatic N) is 1. The molecular weight excluding hydrogens is 471 g/mol. The topological polar surface area (TPSA) is 71.3 Å². The van der Waals surface area contributed by atoms with Gasteiger partial charge in [-0.15, -0.1) is 0 Å². The molecule has 3 aromatic carbocycles. The van der Waals surface area contributed by atoms with Gasteiger partial charge in [0.15, 0.2) is 0 Å². The van der Waals surface area contributed by atoms with E-state index in [9.17, 15) is 10.1 Å². The molecule has 0 unspecified atom stereocenters. The van der Waals surface area contributed by atoms with Gasteiger partial charge in [-0.1, -0.05) is 53.5 Å². The van der Waals surface area contributed by atoms with E-state index in [2.05, 4.69) is 5.32 Å². The second kappa shape index (κ2) is 11.6. The maximum absolute atomic E-state index is 12.7. The number of carbonyl (C=O) groups excluding carboxylic acids is 1. The molecule has 0 heterocycles. The number of ether oxygens (including phenoxy) is 2. The second-order valence-corrected chi connectivity index (χ2v) is 8.55. The average Bonchev–Trinajstić information content (AvgIpc) is 2.79. The minimum absolute atomic E-state index is 0.113. The van der Waals surface area contributed by atoms with Crippen molar-refractivity contribution < 1.29 is 14.3 Å². The number of benzene rings is 3. The Morgan fingerprint density at radius 2 is 1.74 bits per heavy atom. The first-order valence-corrected chi connectivity index (χ1v) is 11.3. The van der Waals surface area contributed by atoms with Crippen LogP contribution in [-0.2, 0) is 4.79 Å². The van der Waals surface area contributed by atoms with Gasteiger partial charge in [-0.05, 0) is 67.8 Å². The third kappa shape index (κ3) is 6.54. The summed E-state index contributed by atoms with van der Waals surface area (Å²) in [7, 11) is 0.